The lowest BCUT2D eigenvalue weighted by Gasteiger charge is -2.19. The Morgan fingerprint density at radius 3 is 2.61 bits per heavy atom. The molecule has 1 aromatic heterocycles. The second kappa shape index (κ2) is 7.57. The number of unbranched alkanes of at least 4 members (excludes halogenated alkanes) is 1. The van der Waals surface area contributed by atoms with Gasteiger partial charge in [-0.1, -0.05) is 46.5 Å². The Kier molecular flexibility index (Phi) is 6.41. The normalized spacial score (nSPS) is 14.7. The topological polar surface area (TPSA) is 43.8 Å². The summed E-state index contributed by atoms with van der Waals surface area (Å²) >= 11 is 0. The first-order chi connectivity index (χ1) is 8.62. The van der Waals surface area contributed by atoms with Crippen molar-refractivity contribution < 1.29 is 0 Å². The van der Waals surface area contributed by atoms with Gasteiger partial charge in [-0.25, -0.2) is 0 Å². The molecule has 104 valence electrons. The van der Waals surface area contributed by atoms with Crippen LogP contribution in [-0.2, 0) is 13.5 Å². The van der Waals surface area contributed by atoms with Gasteiger partial charge >= 0.3 is 0 Å². The van der Waals surface area contributed by atoms with E-state index >= 15 is 0 Å². The molecular formula is C15H29N3. The molecule has 0 saturated heterocycles. The second-order valence-corrected chi connectivity index (χ2v) is 5.32. The molecule has 1 heterocycles. The van der Waals surface area contributed by atoms with Crippen LogP contribution in [0.25, 0.3) is 0 Å². The van der Waals surface area contributed by atoms with E-state index in [-0.39, 0.29) is 6.04 Å². The Labute approximate surface area is 112 Å². The quantitative estimate of drug-likeness (QED) is 0.767. The SMILES string of the molecule is CCCCC(CC)CC(N)c1cn(C)nc1CC. The molecule has 1 aromatic rings. The minimum absolute atomic E-state index is 0.149. The van der Waals surface area contributed by atoms with Crippen LogP contribution in [0.15, 0.2) is 6.20 Å². The van der Waals surface area contributed by atoms with E-state index < -0.39 is 0 Å². The van der Waals surface area contributed by atoms with Crippen LogP contribution in [0.3, 0.4) is 0 Å². The summed E-state index contributed by atoms with van der Waals surface area (Å²) in [6.07, 6.45) is 9.29. The number of aromatic nitrogens is 2. The Morgan fingerprint density at radius 1 is 1.33 bits per heavy atom. The average Bonchev–Trinajstić information content (AvgIpc) is 2.75. The lowest BCUT2D eigenvalue weighted by atomic mass is 9.89. The van der Waals surface area contributed by atoms with Crippen LogP contribution >= 0.6 is 0 Å². The van der Waals surface area contributed by atoms with E-state index in [0.29, 0.717) is 0 Å². The summed E-state index contributed by atoms with van der Waals surface area (Å²) in [5.41, 5.74) is 8.79. The van der Waals surface area contributed by atoms with Crippen molar-refractivity contribution in [2.45, 2.75) is 65.3 Å². The maximum Gasteiger partial charge on any atom is 0.0669 e. The highest BCUT2D eigenvalue weighted by Gasteiger charge is 2.17. The van der Waals surface area contributed by atoms with Crippen molar-refractivity contribution in [3.05, 3.63) is 17.5 Å². The molecule has 0 aliphatic rings. The fourth-order valence-corrected chi connectivity index (χ4v) is 2.60. The average molecular weight is 251 g/mol. The van der Waals surface area contributed by atoms with E-state index in [1.807, 2.05) is 11.7 Å². The van der Waals surface area contributed by atoms with Crippen LogP contribution in [-0.4, -0.2) is 9.78 Å². The van der Waals surface area contributed by atoms with Crippen molar-refractivity contribution in [2.24, 2.45) is 18.7 Å². The van der Waals surface area contributed by atoms with Gasteiger partial charge in [-0.05, 0) is 18.8 Å². The fourth-order valence-electron chi connectivity index (χ4n) is 2.60. The lowest BCUT2D eigenvalue weighted by Crippen LogP contribution is -2.16. The number of hydrogen-bond acceptors (Lipinski definition) is 2. The number of nitrogens with zero attached hydrogens (tertiary/aromatic N) is 2. The molecule has 0 spiro atoms. The van der Waals surface area contributed by atoms with Crippen molar-refractivity contribution >= 4 is 0 Å². The first kappa shape index (κ1) is 15.2. The standard InChI is InChI=1S/C15H29N3/c1-5-8-9-12(6-2)10-14(16)13-11-18(4)17-15(13)7-3/h11-12,14H,5-10,16H2,1-4H3. The van der Waals surface area contributed by atoms with Gasteiger partial charge in [-0.3, -0.25) is 4.68 Å². The van der Waals surface area contributed by atoms with Gasteiger partial charge < -0.3 is 5.73 Å². The van der Waals surface area contributed by atoms with Crippen LogP contribution in [0.2, 0.25) is 0 Å². The molecule has 0 aliphatic heterocycles. The predicted molar refractivity (Wildman–Crippen MR) is 77.4 cm³/mol. The molecular weight excluding hydrogens is 222 g/mol. The molecule has 0 amide bonds. The smallest absolute Gasteiger partial charge is 0.0669 e. The molecule has 1 rings (SSSR count). The summed E-state index contributed by atoms with van der Waals surface area (Å²) in [7, 11) is 1.98. The van der Waals surface area contributed by atoms with Crippen LogP contribution in [0.4, 0.5) is 0 Å². The molecule has 2 N–H and O–H groups in total. The molecule has 18 heavy (non-hydrogen) atoms. The summed E-state index contributed by atoms with van der Waals surface area (Å²) in [4.78, 5) is 0. The molecule has 2 atom stereocenters. The molecule has 0 radical (unpaired) electrons. The third-order valence-corrected chi connectivity index (χ3v) is 3.80. The van der Waals surface area contributed by atoms with Gasteiger partial charge in [0.1, 0.15) is 0 Å². The zero-order valence-electron chi connectivity index (χ0n) is 12.4. The summed E-state index contributed by atoms with van der Waals surface area (Å²) in [5.74, 6) is 0.755. The Morgan fingerprint density at radius 2 is 2.06 bits per heavy atom. The van der Waals surface area contributed by atoms with Crippen molar-refractivity contribution in [3.8, 4) is 0 Å². The minimum Gasteiger partial charge on any atom is -0.324 e. The van der Waals surface area contributed by atoms with Crippen molar-refractivity contribution in [3.63, 3.8) is 0 Å². The van der Waals surface area contributed by atoms with E-state index in [9.17, 15) is 0 Å². The third-order valence-electron chi connectivity index (χ3n) is 3.80. The number of hydrogen-bond donors (Lipinski definition) is 1. The fraction of sp³-hybridized carbons (Fsp3) is 0.800. The number of rotatable bonds is 8. The monoisotopic (exact) mass is 251 g/mol. The highest BCUT2D eigenvalue weighted by Crippen LogP contribution is 2.26. The van der Waals surface area contributed by atoms with E-state index in [0.717, 1.165) is 24.5 Å². The molecule has 3 nitrogen and oxygen atoms in total. The number of aryl methyl sites for hydroxylation is 2. The maximum absolute atomic E-state index is 6.38. The van der Waals surface area contributed by atoms with Crippen molar-refractivity contribution in [1.82, 2.24) is 9.78 Å². The first-order valence-corrected chi connectivity index (χ1v) is 7.40. The zero-order chi connectivity index (χ0) is 13.5. The van der Waals surface area contributed by atoms with Crippen molar-refractivity contribution in [1.29, 1.82) is 0 Å². The van der Waals surface area contributed by atoms with Crippen LogP contribution in [0, 0.1) is 5.92 Å². The van der Waals surface area contributed by atoms with E-state index in [4.69, 9.17) is 5.73 Å². The molecule has 3 heteroatoms. The summed E-state index contributed by atoms with van der Waals surface area (Å²) in [6.45, 7) is 6.67. The van der Waals surface area contributed by atoms with E-state index in [1.165, 1.54) is 31.2 Å². The number of nitrogens with two attached hydrogens (primary N) is 1. The summed E-state index contributed by atoms with van der Waals surface area (Å²) in [6, 6.07) is 0.149. The lowest BCUT2D eigenvalue weighted by molar-refractivity contribution is 0.387. The summed E-state index contributed by atoms with van der Waals surface area (Å²) < 4.78 is 1.89. The molecule has 0 fully saturated rings. The maximum atomic E-state index is 6.38. The van der Waals surface area contributed by atoms with Crippen molar-refractivity contribution in [2.75, 3.05) is 0 Å². The molecule has 2 unspecified atom stereocenters. The molecule has 0 aliphatic carbocycles. The minimum atomic E-state index is 0.149. The second-order valence-electron chi connectivity index (χ2n) is 5.32. The van der Waals surface area contributed by atoms with Crippen LogP contribution < -0.4 is 5.73 Å². The summed E-state index contributed by atoms with van der Waals surface area (Å²) in [5, 5.41) is 4.48. The first-order valence-electron chi connectivity index (χ1n) is 7.40. The van der Waals surface area contributed by atoms with Crippen LogP contribution in [0.5, 0.6) is 0 Å². The zero-order valence-corrected chi connectivity index (χ0v) is 12.4. The van der Waals surface area contributed by atoms with E-state index in [2.05, 4.69) is 32.1 Å². The van der Waals surface area contributed by atoms with E-state index in [1.54, 1.807) is 0 Å². The van der Waals surface area contributed by atoms with Gasteiger partial charge in [0, 0.05) is 24.8 Å². The Hall–Kier alpha value is -0.830. The Balaban J connectivity index is 2.64. The van der Waals surface area contributed by atoms with Gasteiger partial charge in [0.2, 0.25) is 0 Å². The Bertz CT molecular complexity index is 344. The highest BCUT2D eigenvalue weighted by molar-refractivity contribution is 5.21. The largest absolute Gasteiger partial charge is 0.324 e. The van der Waals surface area contributed by atoms with Gasteiger partial charge in [-0.2, -0.15) is 5.10 Å². The molecule has 0 aromatic carbocycles. The highest BCUT2D eigenvalue weighted by atomic mass is 15.3. The predicted octanol–water partition coefficient (Wildman–Crippen LogP) is 3.59. The third kappa shape index (κ3) is 4.13. The molecule has 0 saturated carbocycles. The van der Waals surface area contributed by atoms with Gasteiger partial charge in [-0.15, -0.1) is 0 Å². The van der Waals surface area contributed by atoms with Gasteiger partial charge in [0.05, 0.1) is 5.69 Å². The molecule has 0 bridgehead atoms. The van der Waals surface area contributed by atoms with Crippen LogP contribution in [0.1, 0.15) is 70.2 Å². The van der Waals surface area contributed by atoms with Gasteiger partial charge in [0.15, 0.2) is 0 Å². The van der Waals surface area contributed by atoms with Gasteiger partial charge in [0.25, 0.3) is 0 Å².